The zero-order valence-corrected chi connectivity index (χ0v) is 9.12. The molecule has 0 radical (unpaired) electrons. The SMILES string of the molecule is COc1ccccc1NC1(CN)CCC1. The highest BCUT2D eigenvalue weighted by Gasteiger charge is 2.35. The third-order valence-corrected chi connectivity index (χ3v) is 3.21. The topological polar surface area (TPSA) is 47.3 Å². The minimum atomic E-state index is 0.106. The maximum Gasteiger partial charge on any atom is 0.141 e. The zero-order valence-electron chi connectivity index (χ0n) is 9.12. The summed E-state index contributed by atoms with van der Waals surface area (Å²) in [7, 11) is 1.69. The number of nitrogens with one attached hydrogen (secondary N) is 1. The van der Waals surface area contributed by atoms with Crippen molar-refractivity contribution >= 4 is 5.69 Å². The monoisotopic (exact) mass is 206 g/mol. The number of anilines is 1. The van der Waals surface area contributed by atoms with Gasteiger partial charge in [-0.3, -0.25) is 0 Å². The molecule has 0 atom stereocenters. The Kier molecular flexibility index (Phi) is 2.82. The van der Waals surface area contributed by atoms with E-state index in [1.165, 1.54) is 6.42 Å². The van der Waals surface area contributed by atoms with Crippen LogP contribution in [0.5, 0.6) is 5.75 Å². The van der Waals surface area contributed by atoms with Crippen molar-refractivity contribution in [2.45, 2.75) is 24.8 Å². The lowest BCUT2D eigenvalue weighted by atomic mass is 9.76. The van der Waals surface area contributed by atoms with Crippen LogP contribution in [0.1, 0.15) is 19.3 Å². The molecule has 1 aromatic rings. The summed E-state index contributed by atoms with van der Waals surface area (Å²) in [6.45, 7) is 0.686. The average molecular weight is 206 g/mol. The Morgan fingerprint density at radius 3 is 2.67 bits per heavy atom. The van der Waals surface area contributed by atoms with Crippen molar-refractivity contribution in [3.05, 3.63) is 24.3 Å². The molecule has 1 aromatic carbocycles. The second-order valence-electron chi connectivity index (χ2n) is 4.16. The molecule has 15 heavy (non-hydrogen) atoms. The summed E-state index contributed by atoms with van der Waals surface area (Å²) < 4.78 is 5.30. The predicted molar refractivity (Wildman–Crippen MR) is 62.3 cm³/mol. The van der Waals surface area contributed by atoms with Crippen molar-refractivity contribution in [2.75, 3.05) is 19.0 Å². The first-order chi connectivity index (χ1) is 7.29. The summed E-state index contributed by atoms with van der Waals surface area (Å²) in [5.41, 5.74) is 6.96. The lowest BCUT2D eigenvalue weighted by Crippen LogP contribution is -2.51. The van der Waals surface area contributed by atoms with Crippen LogP contribution in [0.3, 0.4) is 0 Å². The van der Waals surface area contributed by atoms with Crippen molar-refractivity contribution in [1.82, 2.24) is 0 Å². The van der Waals surface area contributed by atoms with E-state index in [4.69, 9.17) is 10.5 Å². The maximum atomic E-state index is 5.80. The molecule has 0 saturated heterocycles. The Balaban J connectivity index is 2.15. The Hall–Kier alpha value is -1.22. The summed E-state index contributed by atoms with van der Waals surface area (Å²) in [5, 5.41) is 3.51. The summed E-state index contributed by atoms with van der Waals surface area (Å²) in [4.78, 5) is 0. The van der Waals surface area contributed by atoms with Gasteiger partial charge in [0.25, 0.3) is 0 Å². The van der Waals surface area contributed by atoms with Crippen LogP contribution in [0.15, 0.2) is 24.3 Å². The molecule has 1 saturated carbocycles. The van der Waals surface area contributed by atoms with Crippen LogP contribution >= 0.6 is 0 Å². The third-order valence-electron chi connectivity index (χ3n) is 3.21. The van der Waals surface area contributed by atoms with Gasteiger partial charge < -0.3 is 15.8 Å². The molecule has 82 valence electrons. The third kappa shape index (κ3) is 1.92. The maximum absolute atomic E-state index is 5.80. The molecule has 0 amide bonds. The van der Waals surface area contributed by atoms with Gasteiger partial charge in [-0.05, 0) is 31.4 Å². The minimum absolute atomic E-state index is 0.106. The van der Waals surface area contributed by atoms with E-state index in [0.29, 0.717) is 6.54 Å². The molecule has 3 heteroatoms. The van der Waals surface area contributed by atoms with E-state index in [2.05, 4.69) is 5.32 Å². The van der Waals surface area contributed by atoms with Gasteiger partial charge >= 0.3 is 0 Å². The number of hydrogen-bond donors (Lipinski definition) is 2. The van der Waals surface area contributed by atoms with E-state index >= 15 is 0 Å². The van der Waals surface area contributed by atoms with Crippen LogP contribution in [0.25, 0.3) is 0 Å². The fraction of sp³-hybridized carbons (Fsp3) is 0.500. The highest BCUT2D eigenvalue weighted by molar-refractivity contribution is 5.58. The molecule has 3 nitrogen and oxygen atoms in total. The van der Waals surface area contributed by atoms with Crippen LogP contribution in [-0.2, 0) is 0 Å². The van der Waals surface area contributed by atoms with Crippen LogP contribution in [0.4, 0.5) is 5.69 Å². The number of hydrogen-bond acceptors (Lipinski definition) is 3. The smallest absolute Gasteiger partial charge is 0.141 e. The number of para-hydroxylation sites is 2. The molecule has 0 unspecified atom stereocenters. The summed E-state index contributed by atoms with van der Waals surface area (Å²) in [6.07, 6.45) is 3.57. The summed E-state index contributed by atoms with van der Waals surface area (Å²) >= 11 is 0. The van der Waals surface area contributed by atoms with E-state index in [9.17, 15) is 0 Å². The Bertz CT molecular complexity index is 329. The van der Waals surface area contributed by atoms with Crippen molar-refractivity contribution < 1.29 is 4.74 Å². The van der Waals surface area contributed by atoms with Gasteiger partial charge in [0.1, 0.15) is 5.75 Å². The number of ether oxygens (including phenoxy) is 1. The van der Waals surface area contributed by atoms with Gasteiger partial charge in [-0.15, -0.1) is 0 Å². The van der Waals surface area contributed by atoms with Gasteiger partial charge in [0.05, 0.1) is 12.8 Å². The van der Waals surface area contributed by atoms with Gasteiger partial charge in [0.2, 0.25) is 0 Å². The van der Waals surface area contributed by atoms with Crippen molar-refractivity contribution in [3.8, 4) is 5.75 Å². The van der Waals surface area contributed by atoms with Gasteiger partial charge in [-0.1, -0.05) is 12.1 Å². The summed E-state index contributed by atoms with van der Waals surface area (Å²) in [6, 6.07) is 7.98. The molecule has 0 bridgehead atoms. The standard InChI is InChI=1S/C12H18N2O/c1-15-11-6-3-2-5-10(11)14-12(9-13)7-4-8-12/h2-3,5-6,14H,4,7-9,13H2,1H3. The lowest BCUT2D eigenvalue weighted by Gasteiger charge is -2.42. The normalized spacial score (nSPS) is 18.0. The molecule has 0 aromatic heterocycles. The second kappa shape index (κ2) is 4.11. The minimum Gasteiger partial charge on any atom is -0.495 e. The molecule has 0 spiro atoms. The Labute approximate surface area is 90.6 Å². The molecule has 3 N–H and O–H groups in total. The molecule has 1 aliphatic rings. The largest absolute Gasteiger partial charge is 0.495 e. The number of methoxy groups -OCH3 is 1. The first kappa shape index (κ1) is 10.3. The van der Waals surface area contributed by atoms with E-state index in [1.54, 1.807) is 7.11 Å². The van der Waals surface area contributed by atoms with E-state index in [1.807, 2.05) is 24.3 Å². The van der Waals surface area contributed by atoms with Crippen LogP contribution in [0.2, 0.25) is 0 Å². The molecule has 0 aliphatic heterocycles. The number of benzene rings is 1. The summed E-state index contributed by atoms with van der Waals surface area (Å²) in [5.74, 6) is 0.886. The highest BCUT2D eigenvalue weighted by Crippen LogP contribution is 2.36. The Morgan fingerprint density at radius 2 is 2.13 bits per heavy atom. The van der Waals surface area contributed by atoms with E-state index < -0.39 is 0 Å². The fourth-order valence-electron chi connectivity index (χ4n) is 2.02. The average Bonchev–Trinajstić information content (AvgIpc) is 2.24. The zero-order chi connectivity index (χ0) is 10.7. The predicted octanol–water partition coefficient (Wildman–Crippen LogP) is 1.99. The lowest BCUT2D eigenvalue weighted by molar-refractivity contribution is 0.286. The quantitative estimate of drug-likeness (QED) is 0.792. The van der Waals surface area contributed by atoms with Gasteiger partial charge in [-0.2, -0.15) is 0 Å². The number of rotatable bonds is 4. The van der Waals surface area contributed by atoms with Crippen molar-refractivity contribution in [2.24, 2.45) is 5.73 Å². The van der Waals surface area contributed by atoms with E-state index in [-0.39, 0.29) is 5.54 Å². The first-order valence-corrected chi connectivity index (χ1v) is 5.41. The molecule has 1 fully saturated rings. The van der Waals surface area contributed by atoms with Crippen LogP contribution in [-0.4, -0.2) is 19.2 Å². The fourth-order valence-corrected chi connectivity index (χ4v) is 2.02. The molecular formula is C12H18N2O. The van der Waals surface area contributed by atoms with E-state index in [0.717, 1.165) is 24.3 Å². The van der Waals surface area contributed by atoms with Gasteiger partial charge in [-0.25, -0.2) is 0 Å². The molecule has 1 aliphatic carbocycles. The van der Waals surface area contributed by atoms with Crippen LogP contribution in [0, 0.1) is 0 Å². The van der Waals surface area contributed by atoms with Crippen molar-refractivity contribution in [3.63, 3.8) is 0 Å². The number of nitrogens with two attached hydrogens (primary N) is 1. The Morgan fingerprint density at radius 1 is 1.40 bits per heavy atom. The van der Waals surface area contributed by atoms with Gasteiger partial charge in [0.15, 0.2) is 0 Å². The van der Waals surface area contributed by atoms with Gasteiger partial charge in [0, 0.05) is 12.1 Å². The molecule has 0 heterocycles. The first-order valence-electron chi connectivity index (χ1n) is 5.41. The molecule has 2 rings (SSSR count). The highest BCUT2D eigenvalue weighted by atomic mass is 16.5. The van der Waals surface area contributed by atoms with Crippen molar-refractivity contribution in [1.29, 1.82) is 0 Å². The second-order valence-corrected chi connectivity index (χ2v) is 4.16. The molecular weight excluding hydrogens is 188 g/mol. The van der Waals surface area contributed by atoms with Crippen LogP contribution < -0.4 is 15.8 Å².